The fourth-order valence-electron chi connectivity index (χ4n) is 2.23. The maximum absolute atomic E-state index is 12.3. The number of hydrogen-bond acceptors (Lipinski definition) is 6. The molecule has 27 heavy (non-hydrogen) atoms. The molecule has 0 saturated heterocycles. The number of thiazole rings is 1. The van der Waals surface area contributed by atoms with E-state index in [0.29, 0.717) is 16.9 Å². The monoisotopic (exact) mass is 419 g/mol. The van der Waals surface area contributed by atoms with Gasteiger partial charge in [0.05, 0.1) is 5.75 Å². The average molecular weight is 420 g/mol. The van der Waals surface area contributed by atoms with Crippen molar-refractivity contribution in [2.75, 3.05) is 11.9 Å². The van der Waals surface area contributed by atoms with Crippen molar-refractivity contribution >= 4 is 44.3 Å². The van der Waals surface area contributed by atoms with Crippen LogP contribution in [0.3, 0.4) is 0 Å². The fraction of sp³-hybridized carbons (Fsp3) is 0.111. The van der Waals surface area contributed by atoms with E-state index in [1.807, 2.05) is 16.8 Å². The molecule has 1 amide bonds. The second-order valence-electron chi connectivity index (χ2n) is 5.60. The van der Waals surface area contributed by atoms with Crippen LogP contribution in [-0.2, 0) is 15.8 Å². The third-order valence-electron chi connectivity index (χ3n) is 3.52. The van der Waals surface area contributed by atoms with Crippen molar-refractivity contribution in [3.8, 4) is 10.6 Å². The van der Waals surface area contributed by atoms with Gasteiger partial charge in [0.25, 0.3) is 5.91 Å². The number of rotatable bonds is 8. The molecule has 9 heteroatoms. The van der Waals surface area contributed by atoms with Crippen LogP contribution < -0.4 is 10.0 Å². The molecule has 3 rings (SSSR count). The van der Waals surface area contributed by atoms with Crippen LogP contribution in [0.1, 0.15) is 16.1 Å². The molecule has 0 bridgehead atoms. The summed E-state index contributed by atoms with van der Waals surface area (Å²) < 4.78 is 26.2. The molecule has 2 N–H and O–H groups in total. The number of carbonyl (C=O) groups excluding carboxylic acids is 1. The van der Waals surface area contributed by atoms with E-state index in [1.54, 1.807) is 41.0 Å². The summed E-state index contributed by atoms with van der Waals surface area (Å²) in [6, 6.07) is 8.63. The summed E-state index contributed by atoms with van der Waals surface area (Å²) in [5, 5.41) is 9.23. The molecule has 6 nitrogen and oxygen atoms in total. The number of thiophene rings is 1. The van der Waals surface area contributed by atoms with E-state index in [9.17, 15) is 13.2 Å². The van der Waals surface area contributed by atoms with Crippen LogP contribution in [-0.4, -0.2) is 25.9 Å². The van der Waals surface area contributed by atoms with E-state index in [4.69, 9.17) is 0 Å². The number of hydrogen-bond donors (Lipinski definition) is 2. The Bertz CT molecular complexity index is 1020. The van der Waals surface area contributed by atoms with E-state index in [2.05, 4.69) is 21.6 Å². The average Bonchev–Trinajstić information content (AvgIpc) is 3.32. The van der Waals surface area contributed by atoms with Gasteiger partial charge in [0.15, 0.2) is 0 Å². The number of aromatic nitrogens is 1. The standard InChI is InChI=1S/C18H17N3O3S3/c1-2-8-19-27(23,24)12-13-3-5-15(6-4-13)20-17(22)16-11-26-18(21-16)14-7-9-25-10-14/h2-7,9-11,19H,1,8,12H2,(H,20,22). The Morgan fingerprint density at radius 3 is 2.63 bits per heavy atom. The minimum absolute atomic E-state index is 0.134. The third-order valence-corrected chi connectivity index (χ3v) is 6.42. The summed E-state index contributed by atoms with van der Waals surface area (Å²) in [4.78, 5) is 16.7. The van der Waals surface area contributed by atoms with E-state index in [1.165, 1.54) is 17.4 Å². The third kappa shape index (κ3) is 5.33. The Kier molecular flexibility index (Phi) is 6.17. The highest BCUT2D eigenvalue weighted by atomic mass is 32.2. The highest BCUT2D eigenvalue weighted by molar-refractivity contribution is 7.88. The zero-order chi connectivity index (χ0) is 19.3. The SMILES string of the molecule is C=CCNS(=O)(=O)Cc1ccc(NC(=O)c2csc(-c3ccsc3)n2)cc1. The van der Waals surface area contributed by atoms with Gasteiger partial charge in [0, 0.05) is 28.6 Å². The van der Waals surface area contributed by atoms with Gasteiger partial charge in [-0.25, -0.2) is 18.1 Å². The molecule has 2 aromatic heterocycles. The number of benzene rings is 1. The van der Waals surface area contributed by atoms with Crippen LogP contribution in [0.15, 0.2) is 59.1 Å². The molecule has 0 radical (unpaired) electrons. The molecule has 3 aromatic rings. The maximum atomic E-state index is 12.3. The highest BCUT2D eigenvalue weighted by Crippen LogP contribution is 2.26. The van der Waals surface area contributed by atoms with Gasteiger partial charge in [-0.05, 0) is 29.1 Å². The van der Waals surface area contributed by atoms with Crippen molar-refractivity contribution < 1.29 is 13.2 Å². The lowest BCUT2D eigenvalue weighted by Gasteiger charge is -2.07. The van der Waals surface area contributed by atoms with E-state index >= 15 is 0 Å². The van der Waals surface area contributed by atoms with E-state index in [0.717, 1.165) is 10.6 Å². The molecule has 0 fully saturated rings. The molecule has 0 aliphatic rings. The van der Waals surface area contributed by atoms with E-state index < -0.39 is 10.0 Å². The first-order chi connectivity index (χ1) is 13.0. The Morgan fingerprint density at radius 1 is 1.19 bits per heavy atom. The molecule has 0 spiro atoms. The lowest BCUT2D eigenvalue weighted by atomic mass is 10.2. The van der Waals surface area contributed by atoms with Crippen molar-refractivity contribution in [2.45, 2.75) is 5.75 Å². The number of sulfonamides is 1. The first-order valence-corrected chi connectivity index (χ1v) is 11.4. The lowest BCUT2D eigenvalue weighted by molar-refractivity contribution is 0.102. The second kappa shape index (κ2) is 8.57. The largest absolute Gasteiger partial charge is 0.321 e. The minimum atomic E-state index is -3.41. The lowest BCUT2D eigenvalue weighted by Crippen LogP contribution is -2.25. The summed E-state index contributed by atoms with van der Waals surface area (Å²) in [6.45, 7) is 3.67. The van der Waals surface area contributed by atoms with Crippen molar-refractivity contribution in [1.29, 1.82) is 0 Å². The first-order valence-electron chi connectivity index (χ1n) is 7.93. The zero-order valence-corrected chi connectivity index (χ0v) is 16.7. The topological polar surface area (TPSA) is 88.2 Å². The van der Waals surface area contributed by atoms with Gasteiger partial charge in [0.1, 0.15) is 10.7 Å². The maximum Gasteiger partial charge on any atom is 0.275 e. The molecule has 1 aromatic carbocycles. The zero-order valence-electron chi connectivity index (χ0n) is 14.2. The molecular formula is C18H17N3O3S3. The van der Waals surface area contributed by atoms with Crippen molar-refractivity contribution in [2.24, 2.45) is 0 Å². The predicted octanol–water partition coefficient (Wildman–Crippen LogP) is 3.73. The summed E-state index contributed by atoms with van der Waals surface area (Å²) in [6.07, 6.45) is 1.48. The van der Waals surface area contributed by atoms with Gasteiger partial charge < -0.3 is 5.32 Å². The van der Waals surface area contributed by atoms with Crippen LogP contribution in [0.5, 0.6) is 0 Å². The predicted molar refractivity (Wildman–Crippen MR) is 111 cm³/mol. The number of nitrogens with zero attached hydrogens (tertiary/aromatic N) is 1. The first kappa shape index (κ1) is 19.4. The summed E-state index contributed by atoms with van der Waals surface area (Å²) >= 11 is 2.99. The molecular weight excluding hydrogens is 402 g/mol. The number of carbonyl (C=O) groups is 1. The normalized spacial score (nSPS) is 11.3. The second-order valence-corrected chi connectivity index (χ2v) is 9.04. The molecule has 140 valence electrons. The number of nitrogens with one attached hydrogen (secondary N) is 2. The smallest absolute Gasteiger partial charge is 0.275 e. The van der Waals surface area contributed by atoms with Crippen molar-refractivity contribution in [1.82, 2.24) is 9.71 Å². The number of anilines is 1. The quantitative estimate of drug-likeness (QED) is 0.545. The van der Waals surface area contributed by atoms with Gasteiger partial charge in [-0.1, -0.05) is 18.2 Å². The molecule has 0 aliphatic heterocycles. The van der Waals surface area contributed by atoms with Gasteiger partial charge in [-0.15, -0.1) is 17.9 Å². The van der Waals surface area contributed by atoms with Crippen LogP contribution in [0, 0.1) is 0 Å². The van der Waals surface area contributed by atoms with E-state index in [-0.39, 0.29) is 18.2 Å². The van der Waals surface area contributed by atoms with Gasteiger partial charge in [-0.3, -0.25) is 4.79 Å². The summed E-state index contributed by atoms with van der Waals surface area (Å²) in [5.41, 5.74) is 2.55. The minimum Gasteiger partial charge on any atom is -0.321 e. The Labute approximate surface area is 165 Å². The number of amides is 1. The Morgan fingerprint density at radius 2 is 1.96 bits per heavy atom. The summed E-state index contributed by atoms with van der Waals surface area (Å²) in [7, 11) is -3.41. The molecule has 0 aliphatic carbocycles. The van der Waals surface area contributed by atoms with Crippen LogP contribution >= 0.6 is 22.7 Å². The van der Waals surface area contributed by atoms with Crippen molar-refractivity contribution in [3.05, 3.63) is 70.4 Å². The summed E-state index contributed by atoms with van der Waals surface area (Å²) in [5.74, 6) is -0.439. The Balaban J connectivity index is 1.63. The van der Waals surface area contributed by atoms with Crippen molar-refractivity contribution in [3.63, 3.8) is 0 Å². The molecule has 2 heterocycles. The molecule has 0 saturated carbocycles. The van der Waals surface area contributed by atoms with Gasteiger partial charge in [0.2, 0.25) is 10.0 Å². The van der Waals surface area contributed by atoms with Crippen LogP contribution in [0.2, 0.25) is 0 Å². The molecule has 0 unspecified atom stereocenters. The van der Waals surface area contributed by atoms with Gasteiger partial charge >= 0.3 is 0 Å². The van der Waals surface area contributed by atoms with Gasteiger partial charge in [-0.2, -0.15) is 11.3 Å². The Hall–Kier alpha value is -2.33. The molecule has 0 atom stereocenters. The highest BCUT2D eigenvalue weighted by Gasteiger charge is 2.13. The fourth-order valence-corrected chi connectivity index (χ4v) is 4.85. The van der Waals surface area contributed by atoms with Crippen LogP contribution in [0.25, 0.3) is 10.6 Å². The van der Waals surface area contributed by atoms with Crippen LogP contribution in [0.4, 0.5) is 5.69 Å².